The number of rotatable bonds is 6. The Balaban J connectivity index is 1.59. The number of nitrogens with two attached hydrogens (primary N) is 1. The number of alkyl halides is 2. The van der Waals surface area contributed by atoms with Crippen molar-refractivity contribution in [3.63, 3.8) is 0 Å². The van der Waals surface area contributed by atoms with Gasteiger partial charge in [-0.1, -0.05) is 12.1 Å². The summed E-state index contributed by atoms with van der Waals surface area (Å²) in [5, 5.41) is 0. The highest BCUT2D eigenvalue weighted by Crippen LogP contribution is 2.28. The first kappa shape index (κ1) is 19.2. The molecule has 1 saturated heterocycles. The van der Waals surface area contributed by atoms with Crippen molar-refractivity contribution in [3.8, 4) is 5.75 Å². The van der Waals surface area contributed by atoms with Gasteiger partial charge in [-0.2, -0.15) is 0 Å². The zero-order valence-electron chi connectivity index (χ0n) is 14.7. The van der Waals surface area contributed by atoms with Crippen molar-refractivity contribution in [2.75, 3.05) is 26.2 Å². The summed E-state index contributed by atoms with van der Waals surface area (Å²) in [7, 11) is 0. The Morgan fingerprint density at radius 3 is 2.44 bits per heavy atom. The number of likely N-dealkylation sites (tertiary alicyclic amines) is 1. The van der Waals surface area contributed by atoms with Crippen LogP contribution in [0.3, 0.4) is 0 Å². The number of ether oxygens (including phenoxy) is 1. The highest BCUT2D eigenvalue weighted by molar-refractivity contribution is 5.94. The van der Waals surface area contributed by atoms with Crippen LogP contribution >= 0.6 is 0 Å². The van der Waals surface area contributed by atoms with E-state index in [0.717, 1.165) is 12.0 Å². The third-order valence-electron chi connectivity index (χ3n) is 4.67. The van der Waals surface area contributed by atoms with Crippen LogP contribution in [0, 0.1) is 5.82 Å². The van der Waals surface area contributed by atoms with Crippen molar-refractivity contribution >= 4 is 5.91 Å². The van der Waals surface area contributed by atoms with Gasteiger partial charge < -0.3 is 15.4 Å². The Bertz CT molecular complexity index is 779. The molecule has 27 heavy (non-hydrogen) atoms. The van der Waals surface area contributed by atoms with Crippen molar-refractivity contribution in [3.05, 3.63) is 65.5 Å². The maximum absolute atomic E-state index is 13.1. The van der Waals surface area contributed by atoms with Gasteiger partial charge in [-0.05, 0) is 48.4 Å². The van der Waals surface area contributed by atoms with Gasteiger partial charge in [-0.3, -0.25) is 4.79 Å². The molecule has 1 heterocycles. The van der Waals surface area contributed by atoms with Crippen LogP contribution in [0.1, 0.15) is 28.3 Å². The van der Waals surface area contributed by atoms with Crippen molar-refractivity contribution < 1.29 is 22.7 Å². The smallest absolute Gasteiger partial charge is 0.293 e. The van der Waals surface area contributed by atoms with Crippen molar-refractivity contribution in [1.29, 1.82) is 0 Å². The van der Waals surface area contributed by atoms with Gasteiger partial charge in [0.1, 0.15) is 11.6 Å². The predicted octanol–water partition coefficient (Wildman–Crippen LogP) is 3.43. The number of hydrogen-bond acceptors (Lipinski definition) is 3. The molecule has 2 aromatic rings. The molecule has 0 aromatic heterocycles. The normalized spacial score (nSPS) is 17.2. The van der Waals surface area contributed by atoms with Gasteiger partial charge in [0.2, 0.25) is 0 Å². The SMILES string of the molecule is NCC(F)(F)COc1ccc(C(=O)N2CCC(c3ccc(F)cc3)C2)cc1. The van der Waals surface area contributed by atoms with Gasteiger partial charge in [-0.25, -0.2) is 13.2 Å². The van der Waals surface area contributed by atoms with E-state index < -0.39 is 19.1 Å². The number of carbonyl (C=O) groups excluding carboxylic acids is 1. The molecule has 4 nitrogen and oxygen atoms in total. The molecule has 7 heteroatoms. The van der Waals surface area contributed by atoms with Crippen LogP contribution in [-0.4, -0.2) is 43.0 Å². The minimum atomic E-state index is -3.08. The molecule has 1 aliphatic rings. The van der Waals surface area contributed by atoms with Crippen LogP contribution < -0.4 is 10.5 Å². The van der Waals surface area contributed by atoms with E-state index in [4.69, 9.17) is 10.5 Å². The van der Waals surface area contributed by atoms with E-state index in [1.807, 2.05) is 0 Å². The fraction of sp³-hybridized carbons (Fsp3) is 0.350. The lowest BCUT2D eigenvalue weighted by atomic mass is 9.99. The lowest BCUT2D eigenvalue weighted by Gasteiger charge is -2.18. The van der Waals surface area contributed by atoms with Crippen LogP contribution in [0.2, 0.25) is 0 Å². The maximum Gasteiger partial charge on any atom is 0.293 e. The summed E-state index contributed by atoms with van der Waals surface area (Å²) in [5.74, 6) is -3.06. The minimum absolute atomic E-state index is 0.126. The van der Waals surface area contributed by atoms with Gasteiger partial charge in [0, 0.05) is 24.6 Å². The van der Waals surface area contributed by atoms with Crippen LogP contribution in [0.15, 0.2) is 48.5 Å². The van der Waals surface area contributed by atoms with E-state index in [-0.39, 0.29) is 23.4 Å². The zero-order chi connectivity index (χ0) is 19.4. The van der Waals surface area contributed by atoms with Gasteiger partial charge in [0.15, 0.2) is 6.61 Å². The fourth-order valence-corrected chi connectivity index (χ4v) is 3.08. The second-order valence-corrected chi connectivity index (χ2v) is 6.66. The predicted molar refractivity (Wildman–Crippen MR) is 95.6 cm³/mol. The van der Waals surface area contributed by atoms with Gasteiger partial charge in [0.05, 0.1) is 6.54 Å². The number of benzene rings is 2. The molecule has 1 fully saturated rings. The van der Waals surface area contributed by atoms with E-state index in [2.05, 4.69) is 0 Å². The number of amides is 1. The zero-order valence-corrected chi connectivity index (χ0v) is 14.7. The number of halogens is 3. The molecule has 0 aliphatic carbocycles. The van der Waals surface area contributed by atoms with Gasteiger partial charge in [-0.15, -0.1) is 0 Å². The highest BCUT2D eigenvalue weighted by atomic mass is 19.3. The van der Waals surface area contributed by atoms with Crippen LogP contribution in [-0.2, 0) is 0 Å². The average molecular weight is 378 g/mol. The van der Waals surface area contributed by atoms with E-state index in [1.54, 1.807) is 29.2 Å². The monoisotopic (exact) mass is 378 g/mol. The number of nitrogens with zero attached hydrogens (tertiary/aromatic N) is 1. The largest absolute Gasteiger partial charge is 0.487 e. The third kappa shape index (κ3) is 4.80. The second-order valence-electron chi connectivity index (χ2n) is 6.66. The Kier molecular flexibility index (Phi) is 5.70. The standard InChI is InChI=1S/C20H21F3N2O2/c21-17-5-1-14(2-6-17)16-9-10-25(11-16)19(26)15-3-7-18(8-4-15)27-13-20(22,23)12-24/h1-8,16H,9-13,24H2. The Morgan fingerprint density at radius 2 is 1.81 bits per heavy atom. The summed E-state index contributed by atoms with van der Waals surface area (Å²) in [6.45, 7) is -0.413. The highest BCUT2D eigenvalue weighted by Gasteiger charge is 2.29. The molecule has 0 radical (unpaired) electrons. The molecular weight excluding hydrogens is 357 g/mol. The van der Waals surface area contributed by atoms with Crippen molar-refractivity contribution in [2.24, 2.45) is 5.73 Å². The maximum atomic E-state index is 13.1. The molecule has 1 aliphatic heterocycles. The number of carbonyl (C=O) groups is 1. The first-order chi connectivity index (χ1) is 12.9. The summed E-state index contributed by atoms with van der Waals surface area (Å²) in [6.07, 6.45) is 0.812. The second kappa shape index (κ2) is 8.00. The van der Waals surface area contributed by atoms with Gasteiger partial charge >= 0.3 is 0 Å². The number of hydrogen-bond donors (Lipinski definition) is 1. The van der Waals surface area contributed by atoms with Crippen LogP contribution in [0.25, 0.3) is 0 Å². The lowest BCUT2D eigenvalue weighted by Crippen LogP contribution is -2.34. The molecule has 0 saturated carbocycles. The minimum Gasteiger partial charge on any atom is -0.487 e. The average Bonchev–Trinajstić information content (AvgIpc) is 3.17. The molecule has 1 unspecified atom stereocenters. The van der Waals surface area contributed by atoms with Crippen LogP contribution in [0.4, 0.5) is 13.2 Å². The summed E-state index contributed by atoms with van der Waals surface area (Å²) in [5.41, 5.74) is 6.44. The fourth-order valence-electron chi connectivity index (χ4n) is 3.08. The molecule has 3 rings (SSSR count). The van der Waals surface area contributed by atoms with Crippen LogP contribution in [0.5, 0.6) is 5.75 Å². The summed E-state index contributed by atoms with van der Waals surface area (Å²) < 4.78 is 44.3. The van der Waals surface area contributed by atoms with Gasteiger partial charge in [0.25, 0.3) is 11.8 Å². The van der Waals surface area contributed by atoms with E-state index in [9.17, 15) is 18.0 Å². The Hall–Kier alpha value is -2.54. The van der Waals surface area contributed by atoms with E-state index >= 15 is 0 Å². The van der Waals surface area contributed by atoms with Crippen molar-refractivity contribution in [1.82, 2.24) is 4.90 Å². The topological polar surface area (TPSA) is 55.6 Å². The molecular formula is C20H21F3N2O2. The quantitative estimate of drug-likeness (QED) is 0.838. The molecule has 2 aromatic carbocycles. The molecule has 1 atom stereocenters. The molecule has 1 amide bonds. The van der Waals surface area contributed by atoms with E-state index in [0.29, 0.717) is 18.7 Å². The third-order valence-corrected chi connectivity index (χ3v) is 4.67. The summed E-state index contributed by atoms with van der Waals surface area (Å²) in [6, 6.07) is 12.4. The molecule has 144 valence electrons. The Labute approximate surface area is 155 Å². The first-order valence-electron chi connectivity index (χ1n) is 8.73. The van der Waals surface area contributed by atoms with E-state index in [1.165, 1.54) is 24.3 Å². The summed E-state index contributed by atoms with van der Waals surface area (Å²) in [4.78, 5) is 14.4. The van der Waals surface area contributed by atoms with Crippen molar-refractivity contribution in [2.45, 2.75) is 18.3 Å². The first-order valence-corrected chi connectivity index (χ1v) is 8.73. The summed E-state index contributed by atoms with van der Waals surface area (Å²) >= 11 is 0. The molecule has 2 N–H and O–H groups in total. The lowest BCUT2D eigenvalue weighted by molar-refractivity contribution is -0.0319. The molecule has 0 bridgehead atoms. The Morgan fingerprint density at radius 1 is 1.15 bits per heavy atom. The molecule has 0 spiro atoms.